The normalized spacial score (nSPS) is 16.2. The van der Waals surface area contributed by atoms with Crippen LogP contribution in [0.5, 0.6) is 0 Å². The van der Waals surface area contributed by atoms with Gasteiger partial charge in [0.25, 0.3) is 5.24 Å². The molecule has 1 aliphatic heterocycles. The monoisotopic (exact) mass is 414 g/mol. The predicted octanol–water partition coefficient (Wildman–Crippen LogP) is 4.92. The molecule has 3 N–H and O–H groups in total. The molecule has 0 bridgehead atoms. The van der Waals surface area contributed by atoms with Crippen molar-refractivity contribution in [2.75, 3.05) is 5.32 Å². The molecule has 8 heteroatoms. The van der Waals surface area contributed by atoms with Crippen LogP contribution in [0, 0.1) is 0 Å². The van der Waals surface area contributed by atoms with E-state index < -0.39 is 0 Å². The Morgan fingerprint density at radius 2 is 1.70 bits per heavy atom. The average Bonchev–Trinajstić information content (AvgIpc) is 3.18. The van der Waals surface area contributed by atoms with E-state index in [1.165, 1.54) is 11.8 Å². The van der Waals surface area contributed by atoms with E-state index in [1.54, 1.807) is 12.4 Å². The second kappa shape index (κ2) is 7.64. The first kappa shape index (κ1) is 18.4. The third-order valence-corrected chi connectivity index (χ3v) is 5.72. The second-order valence-corrected chi connectivity index (χ2v) is 8.23. The third-order valence-electron chi connectivity index (χ3n) is 4.84. The van der Waals surface area contributed by atoms with Gasteiger partial charge in [-0.3, -0.25) is 9.78 Å². The predicted molar refractivity (Wildman–Crippen MR) is 121 cm³/mol. The van der Waals surface area contributed by atoms with Gasteiger partial charge in [0.2, 0.25) is 0 Å². The number of hydrogen-bond donors (Lipinski definition) is 3. The number of amides is 1. The zero-order chi connectivity index (χ0) is 20.5. The lowest BCUT2D eigenvalue weighted by molar-refractivity contribution is 0.261. The SMILES string of the molecule is CC1SC(=O)NN=C1c1ccc2[nH]c(-c3ccc(Nc4ccncc4)cc3)nc2c1. The van der Waals surface area contributed by atoms with Crippen molar-refractivity contribution in [1.82, 2.24) is 20.4 Å². The Balaban J connectivity index is 1.40. The highest BCUT2D eigenvalue weighted by Gasteiger charge is 2.22. The number of rotatable bonds is 4. The number of hydrazone groups is 1. The maximum Gasteiger partial charge on any atom is 0.299 e. The van der Waals surface area contributed by atoms with Crippen LogP contribution in [0.1, 0.15) is 12.5 Å². The van der Waals surface area contributed by atoms with Crippen molar-refractivity contribution in [2.24, 2.45) is 5.10 Å². The van der Waals surface area contributed by atoms with Crippen LogP contribution in [0.25, 0.3) is 22.4 Å². The summed E-state index contributed by atoms with van der Waals surface area (Å²) in [5.74, 6) is 0.805. The summed E-state index contributed by atoms with van der Waals surface area (Å²) < 4.78 is 0. The zero-order valence-corrected chi connectivity index (χ0v) is 16.9. The third kappa shape index (κ3) is 3.65. The van der Waals surface area contributed by atoms with Gasteiger partial charge in [-0.05, 0) is 55.5 Å². The summed E-state index contributed by atoms with van der Waals surface area (Å²) in [5, 5.41) is 7.44. The standard InChI is InChI=1S/C22H18N6OS/c1-13-20(27-28-22(29)30-13)15-4-7-18-19(12-15)26-21(25-18)14-2-5-16(6-3-14)24-17-8-10-23-11-9-17/h2-13H,1H3,(H,23,24)(H,25,26)(H,28,29). The van der Waals surface area contributed by atoms with Crippen molar-refractivity contribution in [2.45, 2.75) is 12.2 Å². The van der Waals surface area contributed by atoms with Gasteiger partial charge in [-0.2, -0.15) is 5.10 Å². The lowest BCUT2D eigenvalue weighted by Crippen LogP contribution is -2.29. The fraction of sp³-hybridized carbons (Fsp3) is 0.0909. The molecule has 1 amide bonds. The number of carbonyl (C=O) groups is 1. The van der Waals surface area contributed by atoms with Gasteiger partial charge in [-0.15, -0.1) is 0 Å². The highest BCUT2D eigenvalue weighted by atomic mass is 32.2. The molecule has 1 unspecified atom stereocenters. The highest BCUT2D eigenvalue weighted by Crippen LogP contribution is 2.26. The van der Waals surface area contributed by atoms with Crippen LogP contribution in [-0.4, -0.2) is 31.2 Å². The van der Waals surface area contributed by atoms with Gasteiger partial charge >= 0.3 is 0 Å². The number of hydrogen-bond acceptors (Lipinski definition) is 6. The number of aromatic nitrogens is 3. The van der Waals surface area contributed by atoms with E-state index in [4.69, 9.17) is 4.98 Å². The number of imidazole rings is 1. The maximum atomic E-state index is 11.5. The van der Waals surface area contributed by atoms with E-state index in [1.807, 2.05) is 61.5 Å². The fourth-order valence-electron chi connectivity index (χ4n) is 3.35. The van der Waals surface area contributed by atoms with Crippen LogP contribution in [0.2, 0.25) is 0 Å². The van der Waals surface area contributed by atoms with E-state index in [2.05, 4.69) is 25.8 Å². The number of nitrogens with zero attached hydrogens (tertiary/aromatic N) is 3. The number of carbonyl (C=O) groups excluding carboxylic acids is 1. The first-order valence-electron chi connectivity index (χ1n) is 9.47. The van der Waals surface area contributed by atoms with Crippen molar-refractivity contribution in [3.63, 3.8) is 0 Å². The Morgan fingerprint density at radius 1 is 0.967 bits per heavy atom. The van der Waals surface area contributed by atoms with Gasteiger partial charge in [-0.1, -0.05) is 17.8 Å². The second-order valence-electron chi connectivity index (χ2n) is 6.91. The molecular formula is C22H18N6OS. The van der Waals surface area contributed by atoms with Crippen molar-refractivity contribution in [3.8, 4) is 11.4 Å². The summed E-state index contributed by atoms with van der Waals surface area (Å²) in [6.45, 7) is 1.98. The minimum absolute atomic E-state index is 0.00458. The van der Waals surface area contributed by atoms with Crippen molar-refractivity contribution >= 4 is 45.1 Å². The van der Waals surface area contributed by atoms with Crippen molar-refractivity contribution in [3.05, 3.63) is 72.6 Å². The van der Waals surface area contributed by atoms with Crippen LogP contribution < -0.4 is 10.7 Å². The Kier molecular flexibility index (Phi) is 4.68. The summed E-state index contributed by atoms with van der Waals surface area (Å²) in [7, 11) is 0. The Bertz CT molecular complexity index is 1250. The number of pyridine rings is 1. The first-order chi connectivity index (χ1) is 14.7. The molecule has 148 valence electrons. The molecule has 2 aromatic carbocycles. The molecule has 0 radical (unpaired) electrons. The Morgan fingerprint density at radius 3 is 2.47 bits per heavy atom. The minimum Gasteiger partial charge on any atom is -0.355 e. The summed E-state index contributed by atoms with van der Waals surface area (Å²) in [4.78, 5) is 23.6. The van der Waals surface area contributed by atoms with Gasteiger partial charge < -0.3 is 10.3 Å². The van der Waals surface area contributed by atoms with Gasteiger partial charge in [0.05, 0.1) is 22.0 Å². The average molecular weight is 414 g/mol. The van der Waals surface area contributed by atoms with Crippen LogP contribution in [-0.2, 0) is 0 Å². The molecule has 1 aliphatic rings. The molecule has 1 atom stereocenters. The zero-order valence-electron chi connectivity index (χ0n) is 16.1. The molecule has 0 saturated heterocycles. The van der Waals surface area contributed by atoms with E-state index in [-0.39, 0.29) is 10.5 Å². The molecule has 30 heavy (non-hydrogen) atoms. The van der Waals surface area contributed by atoms with Crippen LogP contribution in [0.4, 0.5) is 16.2 Å². The largest absolute Gasteiger partial charge is 0.355 e. The highest BCUT2D eigenvalue weighted by molar-refractivity contribution is 8.14. The van der Waals surface area contributed by atoms with Gasteiger partial charge in [0.15, 0.2) is 0 Å². The van der Waals surface area contributed by atoms with Crippen LogP contribution >= 0.6 is 11.8 Å². The summed E-state index contributed by atoms with van der Waals surface area (Å²) >= 11 is 1.24. The lowest BCUT2D eigenvalue weighted by atomic mass is 10.1. The van der Waals surface area contributed by atoms with Crippen LogP contribution in [0.15, 0.2) is 72.1 Å². The molecule has 0 aliphatic carbocycles. The van der Waals surface area contributed by atoms with Gasteiger partial charge in [0, 0.05) is 34.9 Å². The van der Waals surface area contributed by atoms with E-state index in [9.17, 15) is 4.79 Å². The molecule has 4 aromatic rings. The van der Waals surface area contributed by atoms with E-state index >= 15 is 0 Å². The maximum absolute atomic E-state index is 11.5. The lowest BCUT2D eigenvalue weighted by Gasteiger charge is -2.18. The minimum atomic E-state index is -0.128. The number of H-pyrrole nitrogens is 1. The quantitative estimate of drug-likeness (QED) is 0.441. The van der Waals surface area contributed by atoms with Gasteiger partial charge in [-0.25, -0.2) is 10.4 Å². The van der Waals surface area contributed by atoms with Gasteiger partial charge in [0.1, 0.15) is 5.82 Å². The number of anilines is 2. The Labute approximate surface area is 177 Å². The fourth-order valence-corrected chi connectivity index (χ4v) is 4.07. The molecule has 0 saturated carbocycles. The summed E-state index contributed by atoms with van der Waals surface area (Å²) in [5.41, 5.74) is 9.13. The van der Waals surface area contributed by atoms with E-state index in [0.717, 1.165) is 45.1 Å². The number of nitrogens with one attached hydrogen (secondary N) is 3. The molecular weight excluding hydrogens is 396 g/mol. The number of thioether (sulfide) groups is 1. The number of benzene rings is 2. The molecule has 5 rings (SSSR count). The molecule has 0 fully saturated rings. The number of fused-ring (bicyclic) bond motifs is 1. The molecule has 0 spiro atoms. The summed E-state index contributed by atoms with van der Waals surface area (Å²) in [6, 6.07) is 17.9. The first-order valence-corrected chi connectivity index (χ1v) is 10.4. The van der Waals surface area contributed by atoms with E-state index in [0.29, 0.717) is 0 Å². The smallest absolute Gasteiger partial charge is 0.299 e. The van der Waals surface area contributed by atoms with Crippen molar-refractivity contribution < 1.29 is 4.79 Å². The molecule has 2 aromatic heterocycles. The molecule has 3 heterocycles. The van der Waals surface area contributed by atoms with Crippen molar-refractivity contribution in [1.29, 1.82) is 0 Å². The topological polar surface area (TPSA) is 95.1 Å². The number of aromatic amines is 1. The molecule has 7 nitrogen and oxygen atoms in total. The Hall–Kier alpha value is -3.65. The van der Waals surface area contributed by atoms with Crippen LogP contribution in [0.3, 0.4) is 0 Å². The summed E-state index contributed by atoms with van der Waals surface area (Å²) in [6.07, 6.45) is 3.51.